The van der Waals surface area contributed by atoms with Gasteiger partial charge in [-0.1, -0.05) is 29.8 Å². The number of halogens is 2. The maximum atomic E-state index is 6.07. The minimum Gasteiger partial charge on any atom is -0.348 e. The highest BCUT2D eigenvalue weighted by Gasteiger charge is 2.04. The minimum absolute atomic E-state index is 0.827. The van der Waals surface area contributed by atoms with Crippen LogP contribution in [0.5, 0.6) is 0 Å². The van der Waals surface area contributed by atoms with E-state index >= 15 is 0 Å². The number of hydrogen-bond acceptors (Lipinski definition) is 1. The molecule has 2 aromatic rings. The van der Waals surface area contributed by atoms with Gasteiger partial charge in [-0.15, -0.1) is 0 Å². The van der Waals surface area contributed by atoms with E-state index in [4.69, 9.17) is 11.6 Å². The van der Waals surface area contributed by atoms with Gasteiger partial charge in [-0.2, -0.15) is 0 Å². The molecular weight excluding hydrogens is 275 g/mol. The quantitative estimate of drug-likeness (QED) is 0.917. The van der Waals surface area contributed by atoms with Crippen molar-refractivity contribution in [1.82, 2.24) is 9.97 Å². The Kier molecular flexibility index (Phi) is 3.44. The van der Waals surface area contributed by atoms with Crippen LogP contribution in [-0.4, -0.2) is 9.97 Å². The average molecular weight is 286 g/mol. The van der Waals surface area contributed by atoms with Crippen LogP contribution >= 0.6 is 27.5 Å². The summed E-state index contributed by atoms with van der Waals surface area (Å²) in [6.07, 6.45) is 3.51. The Morgan fingerprint density at radius 1 is 1.27 bits per heavy atom. The van der Waals surface area contributed by atoms with Gasteiger partial charge < -0.3 is 4.98 Å². The van der Waals surface area contributed by atoms with Crippen molar-refractivity contribution in [1.29, 1.82) is 0 Å². The topological polar surface area (TPSA) is 28.7 Å². The van der Waals surface area contributed by atoms with E-state index in [0.717, 1.165) is 28.2 Å². The first-order chi connectivity index (χ1) is 7.27. The highest BCUT2D eigenvalue weighted by Crippen LogP contribution is 2.18. The molecule has 0 saturated carbocycles. The van der Waals surface area contributed by atoms with Crippen LogP contribution in [0.1, 0.15) is 11.3 Å². The lowest BCUT2D eigenvalue weighted by Gasteiger charge is -2.02. The third-order valence-electron chi connectivity index (χ3n) is 2.27. The molecule has 2 nitrogen and oxygen atoms in total. The molecule has 0 amide bonds. The number of hydrogen-bond donors (Lipinski definition) is 1. The Bertz CT molecular complexity index is 453. The van der Waals surface area contributed by atoms with Crippen LogP contribution in [0.3, 0.4) is 0 Å². The summed E-state index contributed by atoms with van der Waals surface area (Å²) in [5.41, 5.74) is 2.27. The van der Waals surface area contributed by atoms with Crippen molar-refractivity contribution in [2.24, 2.45) is 0 Å². The molecule has 0 fully saturated rings. The van der Waals surface area contributed by atoms with Gasteiger partial charge in [0, 0.05) is 10.7 Å². The number of nitrogens with one attached hydrogen (secondary N) is 1. The van der Waals surface area contributed by atoms with Gasteiger partial charge in [-0.25, -0.2) is 4.98 Å². The predicted octanol–water partition coefficient (Wildman–Crippen LogP) is 3.61. The van der Waals surface area contributed by atoms with E-state index in [0.29, 0.717) is 0 Å². The van der Waals surface area contributed by atoms with Crippen molar-refractivity contribution < 1.29 is 0 Å². The van der Waals surface area contributed by atoms with Crippen molar-refractivity contribution in [3.05, 3.63) is 51.5 Å². The van der Waals surface area contributed by atoms with E-state index in [-0.39, 0.29) is 0 Å². The molecule has 0 unspecified atom stereocenters. The lowest BCUT2D eigenvalue weighted by molar-refractivity contribution is 0.919. The lowest BCUT2D eigenvalue weighted by atomic mass is 10.1. The molecule has 0 aliphatic heterocycles. The van der Waals surface area contributed by atoms with Gasteiger partial charge in [-0.3, -0.25) is 0 Å². The van der Waals surface area contributed by atoms with Crippen LogP contribution in [-0.2, 0) is 12.8 Å². The Balaban J connectivity index is 2.06. The molecule has 2 rings (SSSR count). The molecule has 78 valence electrons. The zero-order chi connectivity index (χ0) is 10.7. The zero-order valence-corrected chi connectivity index (χ0v) is 10.3. The van der Waals surface area contributed by atoms with Gasteiger partial charge in [0.2, 0.25) is 0 Å². The van der Waals surface area contributed by atoms with Gasteiger partial charge in [0.1, 0.15) is 4.60 Å². The second-order valence-electron chi connectivity index (χ2n) is 3.26. The third kappa shape index (κ3) is 2.61. The monoisotopic (exact) mass is 284 g/mol. The van der Waals surface area contributed by atoms with E-state index in [9.17, 15) is 0 Å². The first kappa shape index (κ1) is 10.7. The fraction of sp³-hybridized carbons (Fsp3) is 0.182. The molecule has 1 aromatic carbocycles. The summed E-state index contributed by atoms with van der Waals surface area (Å²) in [5.74, 6) is 0. The van der Waals surface area contributed by atoms with Crippen LogP contribution in [0.25, 0.3) is 0 Å². The molecule has 0 saturated heterocycles. The fourth-order valence-electron chi connectivity index (χ4n) is 1.44. The van der Waals surface area contributed by atoms with E-state index in [2.05, 4.69) is 25.9 Å². The average Bonchev–Trinajstić information content (AvgIpc) is 2.63. The standard InChI is InChI=1S/C11H10BrClN2/c12-11-10(14-7-15-11)6-5-8-3-1-2-4-9(8)13/h1-4,7H,5-6H2,(H,14,15). The Morgan fingerprint density at radius 2 is 2.07 bits per heavy atom. The number of benzene rings is 1. The van der Waals surface area contributed by atoms with Gasteiger partial charge in [0.25, 0.3) is 0 Å². The van der Waals surface area contributed by atoms with Crippen LogP contribution in [0.15, 0.2) is 35.2 Å². The highest BCUT2D eigenvalue weighted by atomic mass is 79.9. The fourth-order valence-corrected chi connectivity index (χ4v) is 2.09. The third-order valence-corrected chi connectivity index (χ3v) is 3.32. The van der Waals surface area contributed by atoms with Crippen molar-refractivity contribution in [3.63, 3.8) is 0 Å². The lowest BCUT2D eigenvalue weighted by Crippen LogP contribution is -1.93. The van der Waals surface area contributed by atoms with Crippen LogP contribution in [0.2, 0.25) is 5.02 Å². The van der Waals surface area contributed by atoms with Gasteiger partial charge >= 0.3 is 0 Å². The molecule has 0 aliphatic rings. The second kappa shape index (κ2) is 4.81. The molecule has 0 spiro atoms. The number of aryl methyl sites for hydroxylation is 2. The normalized spacial score (nSPS) is 10.5. The first-order valence-corrected chi connectivity index (χ1v) is 5.85. The Hall–Kier alpha value is -0.800. The van der Waals surface area contributed by atoms with E-state index < -0.39 is 0 Å². The van der Waals surface area contributed by atoms with Crippen molar-refractivity contribution in [3.8, 4) is 0 Å². The number of rotatable bonds is 3. The van der Waals surface area contributed by atoms with Crippen LogP contribution < -0.4 is 0 Å². The molecular formula is C11H10BrClN2. The Labute approximate surface area is 102 Å². The van der Waals surface area contributed by atoms with Crippen molar-refractivity contribution in [2.75, 3.05) is 0 Å². The molecule has 0 atom stereocenters. The van der Waals surface area contributed by atoms with Crippen molar-refractivity contribution >= 4 is 27.5 Å². The second-order valence-corrected chi connectivity index (χ2v) is 4.42. The minimum atomic E-state index is 0.827. The molecule has 0 aliphatic carbocycles. The summed E-state index contributed by atoms with van der Waals surface area (Å²) in [6, 6.07) is 7.91. The molecule has 0 radical (unpaired) electrons. The van der Waals surface area contributed by atoms with E-state index in [1.54, 1.807) is 6.33 Å². The van der Waals surface area contributed by atoms with Gasteiger partial charge in [0.05, 0.1) is 6.33 Å². The van der Waals surface area contributed by atoms with Gasteiger partial charge in [-0.05, 0) is 40.4 Å². The first-order valence-electron chi connectivity index (χ1n) is 4.68. The molecule has 1 aromatic heterocycles. The molecule has 15 heavy (non-hydrogen) atoms. The summed E-state index contributed by atoms with van der Waals surface area (Å²) in [6.45, 7) is 0. The van der Waals surface area contributed by atoms with E-state index in [1.807, 2.05) is 24.3 Å². The summed E-state index contributed by atoms with van der Waals surface area (Å²) in [7, 11) is 0. The summed E-state index contributed by atoms with van der Waals surface area (Å²) in [5, 5.41) is 0.827. The number of H-pyrrole nitrogens is 1. The van der Waals surface area contributed by atoms with Crippen LogP contribution in [0.4, 0.5) is 0 Å². The molecule has 0 bridgehead atoms. The number of aromatic nitrogens is 2. The SMILES string of the molecule is Clc1ccccc1CCc1[nH]cnc1Br. The van der Waals surface area contributed by atoms with Crippen molar-refractivity contribution in [2.45, 2.75) is 12.8 Å². The van der Waals surface area contributed by atoms with Gasteiger partial charge in [0.15, 0.2) is 0 Å². The number of aromatic amines is 1. The number of imidazole rings is 1. The van der Waals surface area contributed by atoms with Crippen LogP contribution in [0, 0.1) is 0 Å². The summed E-state index contributed by atoms with van der Waals surface area (Å²) < 4.78 is 0.884. The highest BCUT2D eigenvalue weighted by molar-refractivity contribution is 9.10. The number of nitrogens with zero attached hydrogens (tertiary/aromatic N) is 1. The zero-order valence-electron chi connectivity index (χ0n) is 8.00. The largest absolute Gasteiger partial charge is 0.348 e. The molecule has 1 N–H and O–H groups in total. The van der Waals surface area contributed by atoms with E-state index in [1.165, 1.54) is 5.56 Å². The maximum Gasteiger partial charge on any atom is 0.127 e. The summed E-state index contributed by atoms with van der Waals surface area (Å²) in [4.78, 5) is 7.17. The summed E-state index contributed by atoms with van der Waals surface area (Å²) >= 11 is 9.45. The molecule has 1 heterocycles. The molecule has 4 heteroatoms. The predicted molar refractivity (Wildman–Crippen MR) is 65.1 cm³/mol. The Morgan fingerprint density at radius 3 is 2.73 bits per heavy atom. The smallest absolute Gasteiger partial charge is 0.127 e. The maximum absolute atomic E-state index is 6.07.